The molecule has 0 saturated heterocycles. The zero-order valence-corrected chi connectivity index (χ0v) is 6.18. The third-order valence-electron chi connectivity index (χ3n) is 1.44. The molecular formula is C6H12N4. The van der Waals surface area contributed by atoms with E-state index in [-0.39, 0.29) is 0 Å². The number of rotatable bonds is 1. The lowest BCUT2D eigenvalue weighted by molar-refractivity contribution is 0.874. The van der Waals surface area contributed by atoms with Crippen LogP contribution in [0, 0.1) is 0 Å². The smallest absolute Gasteiger partial charge is 0.150 e. The zero-order chi connectivity index (χ0) is 7.72. The highest BCUT2D eigenvalue weighted by atomic mass is 15.2. The predicted molar refractivity (Wildman–Crippen MR) is 41.5 cm³/mol. The molecule has 0 unspecified atom stereocenters. The van der Waals surface area contributed by atoms with Gasteiger partial charge in [-0.15, -0.1) is 0 Å². The minimum atomic E-state index is 0.332. The number of anilines is 2. The van der Waals surface area contributed by atoms with Crippen molar-refractivity contribution in [2.24, 2.45) is 0 Å². The van der Waals surface area contributed by atoms with Crippen molar-refractivity contribution in [3.63, 3.8) is 0 Å². The largest absolute Gasteiger partial charge is 0.384 e. The van der Waals surface area contributed by atoms with Gasteiger partial charge in [0.15, 0.2) is 5.82 Å². The highest BCUT2D eigenvalue weighted by Crippen LogP contribution is 2.24. The first kappa shape index (κ1) is 6.92. The summed E-state index contributed by atoms with van der Waals surface area (Å²) in [5.74, 6) is 1.42. The van der Waals surface area contributed by atoms with Crippen LogP contribution in [0.3, 0.4) is 0 Å². The molecule has 56 valence electrons. The highest BCUT2D eigenvalue weighted by Gasteiger charge is 2.10. The molecule has 1 heterocycles. The van der Waals surface area contributed by atoms with Crippen LogP contribution in [-0.4, -0.2) is 10.2 Å². The number of nitrogens with two attached hydrogens (primary N) is 2. The Bertz CT molecular complexity index is 206. The molecule has 0 aromatic carbocycles. The fraction of sp³-hybridized carbons (Fsp3) is 0.500. The SMILES string of the molecule is CC(C)c1c(N)n[nH]c1N. The van der Waals surface area contributed by atoms with Gasteiger partial charge in [0.05, 0.1) is 0 Å². The summed E-state index contributed by atoms with van der Waals surface area (Å²) in [6, 6.07) is 0. The van der Waals surface area contributed by atoms with Crippen molar-refractivity contribution < 1.29 is 0 Å². The van der Waals surface area contributed by atoms with Gasteiger partial charge in [-0.2, -0.15) is 5.10 Å². The summed E-state index contributed by atoms with van der Waals surface area (Å²) in [7, 11) is 0. The maximum atomic E-state index is 5.54. The monoisotopic (exact) mass is 140 g/mol. The number of nitrogens with zero attached hydrogens (tertiary/aromatic N) is 1. The molecule has 10 heavy (non-hydrogen) atoms. The lowest BCUT2D eigenvalue weighted by Gasteiger charge is -2.02. The molecule has 4 heteroatoms. The van der Waals surface area contributed by atoms with Gasteiger partial charge in [0, 0.05) is 5.56 Å². The number of aromatic nitrogens is 2. The molecule has 0 aliphatic rings. The van der Waals surface area contributed by atoms with E-state index in [4.69, 9.17) is 11.5 Å². The molecule has 0 radical (unpaired) electrons. The number of hydrogen-bond acceptors (Lipinski definition) is 3. The van der Waals surface area contributed by atoms with Gasteiger partial charge in [0.25, 0.3) is 0 Å². The Balaban J connectivity index is 3.10. The molecule has 0 atom stereocenters. The summed E-state index contributed by atoms with van der Waals surface area (Å²) in [5.41, 5.74) is 12.0. The van der Waals surface area contributed by atoms with Crippen LogP contribution in [0.15, 0.2) is 0 Å². The van der Waals surface area contributed by atoms with Crippen LogP contribution in [0.25, 0.3) is 0 Å². The lowest BCUT2D eigenvalue weighted by Crippen LogP contribution is -1.96. The average Bonchev–Trinajstić information content (AvgIpc) is 2.11. The molecule has 0 aliphatic carbocycles. The van der Waals surface area contributed by atoms with E-state index in [9.17, 15) is 0 Å². The first-order valence-electron chi connectivity index (χ1n) is 3.22. The number of nitrogens with one attached hydrogen (secondary N) is 1. The molecule has 0 fully saturated rings. The molecule has 0 spiro atoms. The van der Waals surface area contributed by atoms with Crippen molar-refractivity contribution in [2.45, 2.75) is 19.8 Å². The summed E-state index contributed by atoms with van der Waals surface area (Å²) < 4.78 is 0. The lowest BCUT2D eigenvalue weighted by atomic mass is 10.1. The average molecular weight is 140 g/mol. The first-order valence-corrected chi connectivity index (χ1v) is 3.22. The van der Waals surface area contributed by atoms with E-state index in [2.05, 4.69) is 10.2 Å². The molecule has 0 aliphatic heterocycles. The third kappa shape index (κ3) is 0.920. The van der Waals surface area contributed by atoms with Crippen LogP contribution in [-0.2, 0) is 0 Å². The Hall–Kier alpha value is -1.19. The molecule has 0 bridgehead atoms. The second kappa shape index (κ2) is 2.21. The molecule has 4 nitrogen and oxygen atoms in total. The maximum absolute atomic E-state index is 5.54. The molecule has 1 aromatic rings. The molecule has 0 saturated carbocycles. The van der Waals surface area contributed by atoms with Gasteiger partial charge in [0.1, 0.15) is 5.82 Å². The van der Waals surface area contributed by atoms with Crippen molar-refractivity contribution in [3.8, 4) is 0 Å². The fourth-order valence-corrected chi connectivity index (χ4v) is 0.986. The Morgan fingerprint density at radius 1 is 1.40 bits per heavy atom. The maximum Gasteiger partial charge on any atom is 0.150 e. The topological polar surface area (TPSA) is 80.7 Å². The first-order chi connectivity index (χ1) is 4.63. The van der Waals surface area contributed by atoms with Crippen molar-refractivity contribution in [3.05, 3.63) is 5.56 Å². The van der Waals surface area contributed by atoms with Crippen molar-refractivity contribution >= 4 is 11.6 Å². The van der Waals surface area contributed by atoms with E-state index < -0.39 is 0 Å². The molecule has 1 aromatic heterocycles. The standard InChI is InChI=1S/C6H12N4/c1-3(2)4-5(7)9-10-6(4)8/h3H,1-2H3,(H5,7,8,9,10). The van der Waals surface area contributed by atoms with Crippen molar-refractivity contribution in [2.75, 3.05) is 11.5 Å². The molecule has 0 amide bonds. The Kier molecular flexibility index (Phi) is 1.53. The molecule has 5 N–H and O–H groups in total. The quantitative estimate of drug-likeness (QED) is 0.537. The third-order valence-corrected chi connectivity index (χ3v) is 1.44. The van der Waals surface area contributed by atoms with Gasteiger partial charge in [0.2, 0.25) is 0 Å². The van der Waals surface area contributed by atoms with Crippen LogP contribution >= 0.6 is 0 Å². The summed E-state index contributed by atoms with van der Waals surface area (Å²) in [5, 5.41) is 6.39. The van der Waals surface area contributed by atoms with E-state index in [0.29, 0.717) is 17.6 Å². The minimum absolute atomic E-state index is 0.332. The van der Waals surface area contributed by atoms with Crippen molar-refractivity contribution in [1.82, 2.24) is 10.2 Å². The van der Waals surface area contributed by atoms with E-state index in [1.165, 1.54) is 0 Å². The van der Waals surface area contributed by atoms with Crippen LogP contribution in [0.1, 0.15) is 25.3 Å². The van der Waals surface area contributed by atoms with Crippen LogP contribution in [0.2, 0.25) is 0 Å². The van der Waals surface area contributed by atoms with E-state index in [0.717, 1.165) is 5.56 Å². The van der Waals surface area contributed by atoms with Gasteiger partial charge >= 0.3 is 0 Å². The normalized spacial score (nSPS) is 10.7. The highest BCUT2D eigenvalue weighted by molar-refractivity contribution is 5.54. The second-order valence-electron chi connectivity index (χ2n) is 2.59. The van der Waals surface area contributed by atoms with Crippen LogP contribution in [0.5, 0.6) is 0 Å². The summed E-state index contributed by atoms with van der Waals surface area (Å²) in [6.45, 7) is 4.05. The fourth-order valence-electron chi connectivity index (χ4n) is 0.986. The van der Waals surface area contributed by atoms with Gasteiger partial charge in [-0.25, -0.2) is 0 Å². The van der Waals surface area contributed by atoms with Crippen molar-refractivity contribution in [1.29, 1.82) is 0 Å². The minimum Gasteiger partial charge on any atom is -0.384 e. The Morgan fingerprint density at radius 3 is 2.20 bits per heavy atom. The Labute approximate surface area is 59.6 Å². The second-order valence-corrected chi connectivity index (χ2v) is 2.59. The van der Waals surface area contributed by atoms with Gasteiger partial charge in [-0.3, -0.25) is 5.10 Å². The van der Waals surface area contributed by atoms with Gasteiger partial charge < -0.3 is 11.5 Å². The number of hydrogen-bond donors (Lipinski definition) is 3. The number of nitrogen functional groups attached to an aromatic ring is 2. The predicted octanol–water partition coefficient (Wildman–Crippen LogP) is 0.698. The van der Waals surface area contributed by atoms with E-state index in [1.807, 2.05) is 13.8 Å². The van der Waals surface area contributed by atoms with E-state index >= 15 is 0 Å². The molecule has 1 rings (SSSR count). The number of aromatic amines is 1. The summed E-state index contributed by atoms with van der Waals surface area (Å²) >= 11 is 0. The van der Waals surface area contributed by atoms with Crippen LogP contribution in [0.4, 0.5) is 11.6 Å². The van der Waals surface area contributed by atoms with Gasteiger partial charge in [-0.05, 0) is 5.92 Å². The van der Waals surface area contributed by atoms with Gasteiger partial charge in [-0.1, -0.05) is 13.8 Å². The summed E-state index contributed by atoms with van der Waals surface area (Å²) in [6.07, 6.45) is 0. The van der Waals surface area contributed by atoms with Crippen LogP contribution < -0.4 is 11.5 Å². The Morgan fingerprint density at radius 2 is 2.00 bits per heavy atom. The molecular weight excluding hydrogens is 128 g/mol. The number of H-pyrrole nitrogens is 1. The zero-order valence-electron chi connectivity index (χ0n) is 6.18. The summed E-state index contributed by atoms with van der Waals surface area (Å²) in [4.78, 5) is 0. The van der Waals surface area contributed by atoms with E-state index in [1.54, 1.807) is 0 Å².